The van der Waals surface area contributed by atoms with Crippen molar-refractivity contribution in [1.29, 1.82) is 0 Å². The van der Waals surface area contributed by atoms with E-state index in [4.69, 9.17) is 9.47 Å². The van der Waals surface area contributed by atoms with E-state index in [1.165, 1.54) is 6.42 Å². The Bertz CT molecular complexity index is 204. The van der Waals surface area contributed by atoms with Crippen molar-refractivity contribution in [1.82, 2.24) is 10.6 Å². The van der Waals surface area contributed by atoms with Gasteiger partial charge in [0.2, 0.25) is 0 Å². The van der Waals surface area contributed by atoms with Crippen LogP contribution >= 0.6 is 24.0 Å². The first kappa shape index (κ1) is 21.2. The van der Waals surface area contributed by atoms with E-state index in [0.717, 1.165) is 58.3 Å². The van der Waals surface area contributed by atoms with Gasteiger partial charge in [-0.3, -0.25) is 4.99 Å². The van der Waals surface area contributed by atoms with Crippen LogP contribution in [-0.4, -0.2) is 52.5 Å². The van der Waals surface area contributed by atoms with Gasteiger partial charge in [-0.25, -0.2) is 0 Å². The van der Waals surface area contributed by atoms with Gasteiger partial charge in [-0.15, -0.1) is 24.0 Å². The van der Waals surface area contributed by atoms with Crippen LogP contribution in [0.2, 0.25) is 0 Å². The van der Waals surface area contributed by atoms with E-state index in [2.05, 4.69) is 29.5 Å². The predicted molar refractivity (Wildman–Crippen MR) is 91.6 cm³/mol. The number of methoxy groups -OCH3 is 1. The molecule has 0 aliphatic carbocycles. The summed E-state index contributed by atoms with van der Waals surface area (Å²) in [7, 11) is 1.71. The zero-order valence-electron chi connectivity index (χ0n) is 12.5. The number of nitrogens with one attached hydrogen (secondary N) is 2. The number of guanidine groups is 1. The van der Waals surface area contributed by atoms with Crippen molar-refractivity contribution in [3.05, 3.63) is 0 Å². The third kappa shape index (κ3) is 15.9. The van der Waals surface area contributed by atoms with Gasteiger partial charge in [0.05, 0.1) is 6.61 Å². The molecule has 0 saturated carbocycles. The third-order valence-corrected chi connectivity index (χ3v) is 2.30. The predicted octanol–water partition coefficient (Wildman–Crippen LogP) is 2.01. The van der Waals surface area contributed by atoms with Crippen LogP contribution in [0.15, 0.2) is 4.99 Å². The monoisotopic (exact) mass is 387 g/mol. The highest BCUT2D eigenvalue weighted by Crippen LogP contribution is 1.87. The number of hydrogen-bond donors (Lipinski definition) is 2. The summed E-state index contributed by atoms with van der Waals surface area (Å²) in [5.74, 6) is 0.854. The molecule has 5 nitrogen and oxygen atoms in total. The van der Waals surface area contributed by atoms with Crippen LogP contribution in [0.4, 0.5) is 0 Å². The third-order valence-electron chi connectivity index (χ3n) is 2.30. The van der Waals surface area contributed by atoms with Crippen molar-refractivity contribution >= 4 is 29.9 Å². The molecule has 0 spiro atoms. The first-order valence-electron chi connectivity index (χ1n) is 6.94. The van der Waals surface area contributed by atoms with Crippen LogP contribution in [-0.2, 0) is 9.47 Å². The van der Waals surface area contributed by atoms with Gasteiger partial charge < -0.3 is 20.1 Å². The molecule has 0 saturated heterocycles. The summed E-state index contributed by atoms with van der Waals surface area (Å²) >= 11 is 0. The lowest BCUT2D eigenvalue weighted by atomic mass is 10.4. The number of aliphatic imine (C=N–C) groups is 1. The maximum Gasteiger partial charge on any atom is 0.191 e. The topological polar surface area (TPSA) is 54.9 Å². The van der Waals surface area contributed by atoms with E-state index >= 15 is 0 Å². The van der Waals surface area contributed by atoms with Crippen molar-refractivity contribution in [3.8, 4) is 0 Å². The van der Waals surface area contributed by atoms with Crippen LogP contribution in [0.25, 0.3) is 0 Å². The average molecular weight is 387 g/mol. The van der Waals surface area contributed by atoms with E-state index in [0.29, 0.717) is 0 Å². The van der Waals surface area contributed by atoms with Crippen molar-refractivity contribution in [2.75, 3.05) is 46.6 Å². The summed E-state index contributed by atoms with van der Waals surface area (Å²) < 4.78 is 10.5. The Morgan fingerprint density at radius 2 is 1.84 bits per heavy atom. The molecule has 0 fully saturated rings. The summed E-state index contributed by atoms with van der Waals surface area (Å²) in [5.41, 5.74) is 0. The molecular weight excluding hydrogens is 357 g/mol. The Hall–Kier alpha value is -0.0800. The van der Waals surface area contributed by atoms with Crippen LogP contribution in [0, 0.1) is 0 Å². The Balaban J connectivity index is 0. The molecule has 0 atom stereocenters. The summed E-state index contributed by atoms with van der Waals surface area (Å²) in [6.45, 7) is 8.99. The maximum atomic E-state index is 5.48. The van der Waals surface area contributed by atoms with Gasteiger partial charge in [0.15, 0.2) is 5.96 Å². The molecule has 19 heavy (non-hydrogen) atoms. The van der Waals surface area contributed by atoms with Crippen LogP contribution in [0.5, 0.6) is 0 Å². The second kappa shape index (κ2) is 17.9. The van der Waals surface area contributed by atoms with Crippen molar-refractivity contribution < 1.29 is 9.47 Å². The van der Waals surface area contributed by atoms with E-state index < -0.39 is 0 Å². The molecular formula is C13H30IN3O2. The van der Waals surface area contributed by atoms with Gasteiger partial charge >= 0.3 is 0 Å². The molecule has 0 bridgehead atoms. The van der Waals surface area contributed by atoms with Gasteiger partial charge in [0.1, 0.15) is 0 Å². The highest BCUT2D eigenvalue weighted by Gasteiger charge is 1.96. The summed E-state index contributed by atoms with van der Waals surface area (Å²) in [5, 5.41) is 6.45. The quantitative estimate of drug-likeness (QED) is 0.247. The van der Waals surface area contributed by atoms with Gasteiger partial charge in [-0.05, 0) is 19.8 Å². The molecule has 0 aliphatic heterocycles. The SMILES string of the molecule is CCCCOCCNC(=NCCCOC)NCC.I. The second-order valence-electron chi connectivity index (χ2n) is 4.00. The number of halogens is 1. The molecule has 6 heteroatoms. The number of rotatable bonds is 11. The smallest absolute Gasteiger partial charge is 0.191 e. The minimum atomic E-state index is 0. The first-order chi connectivity index (χ1) is 8.85. The average Bonchev–Trinajstić information content (AvgIpc) is 2.38. The molecule has 0 aromatic rings. The highest BCUT2D eigenvalue weighted by molar-refractivity contribution is 14.0. The standard InChI is InChI=1S/C13H29N3O2.HI/c1-4-6-11-18-12-9-16-13(14-5-2)15-8-7-10-17-3;/h4-12H2,1-3H3,(H2,14,15,16);1H. The normalized spacial score (nSPS) is 11.0. The maximum absolute atomic E-state index is 5.48. The summed E-state index contributed by atoms with van der Waals surface area (Å²) in [4.78, 5) is 4.44. The second-order valence-corrected chi connectivity index (χ2v) is 4.00. The Kier molecular flexibility index (Phi) is 20.0. The fraction of sp³-hybridized carbons (Fsp3) is 0.923. The number of hydrogen-bond acceptors (Lipinski definition) is 3. The lowest BCUT2D eigenvalue weighted by Crippen LogP contribution is -2.39. The summed E-state index contributed by atoms with van der Waals surface area (Å²) in [6, 6.07) is 0. The minimum Gasteiger partial charge on any atom is -0.385 e. The molecule has 0 rings (SSSR count). The van der Waals surface area contributed by atoms with Gasteiger partial charge in [0, 0.05) is 40.0 Å². The molecule has 0 heterocycles. The van der Waals surface area contributed by atoms with E-state index in [-0.39, 0.29) is 24.0 Å². The number of nitrogens with zero attached hydrogens (tertiary/aromatic N) is 1. The number of unbranched alkanes of at least 4 members (excludes halogenated alkanes) is 1. The highest BCUT2D eigenvalue weighted by atomic mass is 127. The fourth-order valence-electron chi connectivity index (χ4n) is 1.33. The Morgan fingerprint density at radius 3 is 2.47 bits per heavy atom. The van der Waals surface area contributed by atoms with Gasteiger partial charge in [-0.2, -0.15) is 0 Å². The number of ether oxygens (including phenoxy) is 2. The molecule has 0 aliphatic rings. The first-order valence-corrected chi connectivity index (χ1v) is 6.94. The van der Waals surface area contributed by atoms with E-state index in [1.54, 1.807) is 7.11 Å². The molecule has 0 amide bonds. The Labute approximate surface area is 134 Å². The molecule has 0 radical (unpaired) electrons. The molecule has 0 aromatic heterocycles. The zero-order chi connectivity index (χ0) is 13.5. The molecule has 116 valence electrons. The van der Waals surface area contributed by atoms with Gasteiger partial charge in [-0.1, -0.05) is 13.3 Å². The van der Waals surface area contributed by atoms with Crippen LogP contribution in [0.3, 0.4) is 0 Å². The van der Waals surface area contributed by atoms with Crippen LogP contribution in [0.1, 0.15) is 33.1 Å². The fourth-order valence-corrected chi connectivity index (χ4v) is 1.33. The molecule has 2 N–H and O–H groups in total. The Morgan fingerprint density at radius 1 is 1.05 bits per heavy atom. The zero-order valence-corrected chi connectivity index (χ0v) is 14.9. The van der Waals surface area contributed by atoms with E-state index in [1.807, 2.05) is 0 Å². The summed E-state index contributed by atoms with van der Waals surface area (Å²) in [6.07, 6.45) is 3.25. The molecule has 0 unspecified atom stereocenters. The minimum absolute atomic E-state index is 0. The van der Waals surface area contributed by atoms with Crippen molar-refractivity contribution in [3.63, 3.8) is 0 Å². The van der Waals surface area contributed by atoms with E-state index in [9.17, 15) is 0 Å². The van der Waals surface area contributed by atoms with Crippen molar-refractivity contribution in [2.24, 2.45) is 4.99 Å². The lowest BCUT2D eigenvalue weighted by Gasteiger charge is -2.11. The molecule has 0 aromatic carbocycles. The van der Waals surface area contributed by atoms with Crippen LogP contribution < -0.4 is 10.6 Å². The van der Waals surface area contributed by atoms with Gasteiger partial charge in [0.25, 0.3) is 0 Å². The van der Waals surface area contributed by atoms with Crippen molar-refractivity contribution in [2.45, 2.75) is 33.1 Å². The lowest BCUT2D eigenvalue weighted by molar-refractivity contribution is 0.136. The largest absolute Gasteiger partial charge is 0.385 e.